The van der Waals surface area contributed by atoms with Gasteiger partial charge >= 0.3 is 0 Å². The van der Waals surface area contributed by atoms with Crippen LogP contribution in [0.15, 0.2) is 42.7 Å². The first kappa shape index (κ1) is 39.7. The van der Waals surface area contributed by atoms with Crippen LogP contribution < -0.4 is 16.0 Å². The molecular formula is C33H48F2N4O7S. The highest BCUT2D eigenvalue weighted by molar-refractivity contribution is 7.92. The molecule has 5 unspecified atom stereocenters. The first-order valence-corrected chi connectivity index (χ1v) is 17.6. The molecule has 0 aliphatic rings. The zero-order valence-electron chi connectivity index (χ0n) is 27.6. The molecule has 47 heavy (non-hydrogen) atoms. The van der Waals surface area contributed by atoms with E-state index in [-0.39, 0.29) is 17.0 Å². The van der Waals surface area contributed by atoms with Gasteiger partial charge in [0.15, 0.2) is 9.84 Å². The molecule has 262 valence electrons. The normalized spacial score (nSPS) is 15.0. The maximum Gasteiger partial charge on any atom is 0.253 e. The summed E-state index contributed by atoms with van der Waals surface area (Å²) in [6.45, 7) is 9.09. The minimum Gasteiger partial charge on any atom is -0.390 e. The van der Waals surface area contributed by atoms with Crippen molar-refractivity contribution in [2.24, 2.45) is 11.8 Å². The van der Waals surface area contributed by atoms with Crippen LogP contribution in [0.2, 0.25) is 0 Å². The molecule has 14 heteroatoms. The molecule has 5 atom stereocenters. The third-order valence-electron chi connectivity index (χ3n) is 7.75. The summed E-state index contributed by atoms with van der Waals surface area (Å²) in [6, 6.07) is 2.38. The van der Waals surface area contributed by atoms with Gasteiger partial charge in [-0.05, 0) is 55.0 Å². The van der Waals surface area contributed by atoms with Crippen molar-refractivity contribution < 1.29 is 41.8 Å². The van der Waals surface area contributed by atoms with E-state index in [4.69, 9.17) is 0 Å². The lowest BCUT2D eigenvalue weighted by molar-refractivity contribution is -0.132. The summed E-state index contributed by atoms with van der Waals surface area (Å²) in [4.78, 5) is 43.5. The second kappa shape index (κ2) is 18.7. The van der Waals surface area contributed by atoms with Crippen molar-refractivity contribution in [3.8, 4) is 0 Å². The third kappa shape index (κ3) is 12.6. The molecule has 2 rings (SSSR count). The molecule has 11 nitrogen and oxygen atoms in total. The average Bonchev–Trinajstić information content (AvgIpc) is 3.01. The number of rotatable bonds is 19. The van der Waals surface area contributed by atoms with Crippen LogP contribution in [0, 0.1) is 23.5 Å². The van der Waals surface area contributed by atoms with Crippen LogP contribution in [-0.4, -0.2) is 83.2 Å². The number of aliphatic hydroxyl groups is 2. The number of benzene rings is 1. The van der Waals surface area contributed by atoms with Crippen LogP contribution in [0.5, 0.6) is 0 Å². The van der Waals surface area contributed by atoms with Crippen LogP contribution in [0.3, 0.4) is 0 Å². The second-order valence-corrected chi connectivity index (χ2v) is 14.6. The quantitative estimate of drug-likeness (QED) is 0.150. The van der Waals surface area contributed by atoms with E-state index < -0.39 is 86.8 Å². The smallest absolute Gasteiger partial charge is 0.253 e. The van der Waals surface area contributed by atoms with E-state index >= 15 is 0 Å². The Kier molecular flexibility index (Phi) is 15.8. The van der Waals surface area contributed by atoms with Crippen molar-refractivity contribution in [3.05, 3.63) is 65.5 Å². The number of nitrogens with one attached hydrogen (secondary N) is 3. The number of sulfone groups is 1. The third-order valence-corrected chi connectivity index (χ3v) is 10.0. The van der Waals surface area contributed by atoms with Gasteiger partial charge in [0, 0.05) is 25.0 Å². The van der Waals surface area contributed by atoms with E-state index in [0.29, 0.717) is 38.3 Å². The van der Waals surface area contributed by atoms with Crippen molar-refractivity contribution in [1.82, 2.24) is 20.9 Å². The molecule has 5 N–H and O–H groups in total. The van der Waals surface area contributed by atoms with E-state index in [2.05, 4.69) is 20.9 Å². The van der Waals surface area contributed by atoms with Gasteiger partial charge in [0.05, 0.1) is 34.6 Å². The van der Waals surface area contributed by atoms with Gasteiger partial charge < -0.3 is 26.2 Å². The molecule has 0 spiro atoms. The van der Waals surface area contributed by atoms with Crippen molar-refractivity contribution in [3.63, 3.8) is 0 Å². The lowest BCUT2D eigenvalue weighted by atomic mass is 9.90. The van der Waals surface area contributed by atoms with E-state index in [1.807, 2.05) is 27.7 Å². The van der Waals surface area contributed by atoms with Gasteiger partial charge in [-0.2, -0.15) is 0 Å². The number of aromatic nitrogens is 1. The molecule has 1 aromatic carbocycles. The highest BCUT2D eigenvalue weighted by Crippen LogP contribution is 2.19. The number of halogens is 2. The highest BCUT2D eigenvalue weighted by Gasteiger charge is 2.38. The van der Waals surface area contributed by atoms with Gasteiger partial charge in [0.2, 0.25) is 11.8 Å². The topological polar surface area (TPSA) is 175 Å². The Balaban J connectivity index is 2.48. The molecule has 0 bridgehead atoms. The molecule has 0 aliphatic carbocycles. The summed E-state index contributed by atoms with van der Waals surface area (Å²) >= 11 is 0. The number of amides is 3. The lowest BCUT2D eigenvalue weighted by Gasteiger charge is -2.32. The van der Waals surface area contributed by atoms with Crippen LogP contribution in [0.1, 0.15) is 76.2 Å². The van der Waals surface area contributed by atoms with Gasteiger partial charge in [0.25, 0.3) is 5.91 Å². The molecule has 1 aromatic heterocycles. The van der Waals surface area contributed by atoms with E-state index in [0.717, 1.165) is 12.1 Å². The Morgan fingerprint density at radius 1 is 0.915 bits per heavy atom. The number of hydrogen-bond donors (Lipinski definition) is 5. The predicted molar refractivity (Wildman–Crippen MR) is 174 cm³/mol. The molecule has 0 saturated carbocycles. The number of nitrogens with zero attached hydrogens (tertiary/aromatic N) is 1. The maximum atomic E-state index is 14.1. The average molecular weight is 683 g/mol. The summed E-state index contributed by atoms with van der Waals surface area (Å²) in [5.41, 5.74) is 0.0651. The summed E-state index contributed by atoms with van der Waals surface area (Å²) in [5.74, 6) is -6.07. The van der Waals surface area contributed by atoms with Crippen molar-refractivity contribution >= 4 is 27.6 Å². The Morgan fingerprint density at radius 2 is 1.53 bits per heavy atom. The van der Waals surface area contributed by atoms with E-state index in [9.17, 15) is 41.8 Å². The van der Waals surface area contributed by atoms with Crippen LogP contribution >= 0.6 is 0 Å². The fourth-order valence-corrected chi connectivity index (χ4v) is 7.28. The number of carbonyl (C=O) groups excluding carboxylic acids is 3. The van der Waals surface area contributed by atoms with Crippen molar-refractivity contribution in [1.29, 1.82) is 0 Å². The first-order valence-electron chi connectivity index (χ1n) is 15.9. The Hall–Kier alpha value is -3.49. The number of hydrogen-bond acceptors (Lipinski definition) is 8. The fourth-order valence-electron chi connectivity index (χ4n) is 5.12. The summed E-state index contributed by atoms with van der Waals surface area (Å²) in [7, 11) is -3.95. The van der Waals surface area contributed by atoms with Gasteiger partial charge in [-0.25, -0.2) is 17.2 Å². The number of pyridine rings is 1. The zero-order chi connectivity index (χ0) is 35.3. The Labute approximate surface area is 275 Å². The lowest BCUT2D eigenvalue weighted by Crippen LogP contribution is -2.58. The minimum atomic E-state index is -3.95. The van der Waals surface area contributed by atoms with Crippen LogP contribution in [0.4, 0.5) is 8.78 Å². The Bertz CT molecular complexity index is 1400. The van der Waals surface area contributed by atoms with Gasteiger partial charge in [0.1, 0.15) is 23.8 Å². The Morgan fingerprint density at radius 3 is 2.06 bits per heavy atom. The molecule has 3 amide bonds. The molecular weight excluding hydrogens is 634 g/mol. The molecule has 0 radical (unpaired) electrons. The highest BCUT2D eigenvalue weighted by atomic mass is 32.2. The van der Waals surface area contributed by atoms with Crippen LogP contribution in [-0.2, 0) is 25.8 Å². The second-order valence-electron chi connectivity index (χ2n) is 12.3. The van der Waals surface area contributed by atoms with Gasteiger partial charge in [-0.15, -0.1) is 0 Å². The summed E-state index contributed by atoms with van der Waals surface area (Å²) in [5, 5.41) is 29.1. The fraction of sp³-hybridized carbons (Fsp3) is 0.576. The summed E-state index contributed by atoms with van der Waals surface area (Å²) < 4.78 is 55.3. The minimum absolute atomic E-state index is 0.00508. The monoisotopic (exact) mass is 682 g/mol. The molecule has 1 heterocycles. The van der Waals surface area contributed by atoms with E-state index in [1.165, 1.54) is 31.5 Å². The first-order chi connectivity index (χ1) is 22.1. The SMILES string of the molecule is CCCC(CCC)S(=O)(=O)CC(NC(=O)c1cccnc1)C(=O)NC(Cc1cc(F)cc(F)c1)C(O)C(O)C(C)C(=O)NCC(C)C. The zero-order valence-corrected chi connectivity index (χ0v) is 28.4. The molecule has 0 fully saturated rings. The van der Waals surface area contributed by atoms with Gasteiger partial charge in [-0.3, -0.25) is 19.4 Å². The number of aliphatic hydroxyl groups excluding tert-OH is 2. The van der Waals surface area contributed by atoms with Crippen molar-refractivity contribution in [2.75, 3.05) is 12.3 Å². The largest absolute Gasteiger partial charge is 0.390 e. The van der Waals surface area contributed by atoms with E-state index in [1.54, 1.807) is 0 Å². The van der Waals surface area contributed by atoms with Crippen LogP contribution in [0.25, 0.3) is 0 Å². The number of carbonyl (C=O) groups is 3. The molecule has 0 aliphatic heterocycles. The van der Waals surface area contributed by atoms with Crippen molar-refractivity contribution in [2.45, 2.75) is 96.3 Å². The molecule has 0 saturated heterocycles. The molecule has 2 aromatic rings. The summed E-state index contributed by atoms with van der Waals surface area (Å²) in [6.07, 6.45) is 0.478. The standard InChI is InChI=1S/C33H48F2N4O7S/c1-6-9-26(10-7-2)47(45,46)19-28(39-32(43)23-11-8-12-36-18-23)33(44)38-27(15-22-13-24(34)16-25(35)14-22)30(41)29(40)21(5)31(42)37-17-20(3)4/h8,11-14,16,18,20-21,26-30,40-41H,6-7,9-10,15,17,19H2,1-5H3,(H,37,42)(H,38,44)(H,39,43). The van der Waals surface area contributed by atoms with Gasteiger partial charge in [-0.1, -0.05) is 47.5 Å². The predicted octanol–water partition coefficient (Wildman–Crippen LogP) is 2.70. The maximum absolute atomic E-state index is 14.1.